The molecule has 1 aliphatic rings. The molecular formula is C20H20F3N5O2S. The van der Waals surface area contributed by atoms with Crippen molar-refractivity contribution in [1.29, 1.82) is 0 Å². The fraction of sp³-hybridized carbons (Fsp3) is 0.350. The van der Waals surface area contributed by atoms with Gasteiger partial charge in [0.15, 0.2) is 0 Å². The summed E-state index contributed by atoms with van der Waals surface area (Å²) in [5.41, 5.74) is 7.68. The average molecular weight is 451 g/mol. The molecule has 1 aliphatic heterocycles. The van der Waals surface area contributed by atoms with Crippen LogP contribution in [0, 0.1) is 5.92 Å². The minimum atomic E-state index is -4.10. The average Bonchev–Trinajstić information content (AvgIpc) is 3.38. The zero-order valence-electron chi connectivity index (χ0n) is 16.4. The Morgan fingerprint density at radius 1 is 1.26 bits per heavy atom. The minimum Gasteiger partial charge on any atom is -0.423 e. The molecule has 164 valence electrons. The van der Waals surface area contributed by atoms with Crippen LogP contribution >= 0.6 is 11.3 Å². The number of nitrogens with one attached hydrogen (secondary N) is 1. The number of anilines is 1. The van der Waals surface area contributed by atoms with E-state index in [0.29, 0.717) is 30.2 Å². The summed E-state index contributed by atoms with van der Waals surface area (Å²) in [5, 5.41) is 10.1. The number of alkyl halides is 3. The topological polar surface area (TPSA) is 97.3 Å². The second-order valence-electron chi connectivity index (χ2n) is 7.38. The number of nitrogens with zero attached hydrogens (tertiary/aromatic N) is 3. The van der Waals surface area contributed by atoms with Crippen molar-refractivity contribution in [2.24, 2.45) is 11.7 Å². The van der Waals surface area contributed by atoms with Crippen molar-refractivity contribution in [2.45, 2.75) is 25.6 Å². The number of carbonyl (C=O) groups is 1. The van der Waals surface area contributed by atoms with Crippen LogP contribution < -0.4 is 11.1 Å². The van der Waals surface area contributed by atoms with Crippen LogP contribution in [0.25, 0.3) is 21.2 Å². The van der Waals surface area contributed by atoms with E-state index in [1.165, 1.54) is 17.7 Å². The summed E-state index contributed by atoms with van der Waals surface area (Å²) in [6.07, 6.45) is -2.61. The van der Waals surface area contributed by atoms with E-state index < -0.39 is 18.1 Å². The molecule has 2 amide bonds. The maximum Gasteiger partial charge on any atom is 0.391 e. The third-order valence-electron chi connectivity index (χ3n) is 5.24. The molecule has 11 heteroatoms. The number of hydrogen-bond donors (Lipinski definition) is 2. The Hall–Kier alpha value is -2.92. The number of thiophene rings is 1. The highest BCUT2D eigenvalue weighted by Gasteiger charge is 2.40. The maximum absolute atomic E-state index is 12.8. The Bertz CT molecular complexity index is 1030. The Labute approximate surface area is 180 Å². The van der Waals surface area contributed by atoms with Crippen LogP contribution in [0.15, 0.2) is 41.1 Å². The van der Waals surface area contributed by atoms with Crippen LogP contribution in [-0.2, 0) is 6.54 Å². The van der Waals surface area contributed by atoms with Crippen LogP contribution in [0.5, 0.6) is 0 Å². The SMILES string of the molecule is NC(=O)Nc1cc(-c2ccc(CN3CCC(C(F)(F)F)CC3)cc2)sc1-c1nnco1. The van der Waals surface area contributed by atoms with E-state index in [-0.39, 0.29) is 18.7 Å². The predicted octanol–water partition coefficient (Wildman–Crippen LogP) is 4.73. The van der Waals surface area contributed by atoms with Crippen molar-refractivity contribution in [3.05, 3.63) is 42.3 Å². The summed E-state index contributed by atoms with van der Waals surface area (Å²) < 4.78 is 43.7. The molecule has 2 aromatic heterocycles. The number of nitrogens with two attached hydrogens (primary N) is 1. The van der Waals surface area contributed by atoms with E-state index in [9.17, 15) is 18.0 Å². The molecule has 3 N–H and O–H groups in total. The number of primary amides is 1. The van der Waals surface area contributed by atoms with Gasteiger partial charge < -0.3 is 15.5 Å². The lowest BCUT2D eigenvalue weighted by Crippen LogP contribution is -2.38. The highest BCUT2D eigenvalue weighted by atomic mass is 32.1. The fourth-order valence-corrected chi connectivity index (χ4v) is 4.69. The van der Waals surface area contributed by atoms with Gasteiger partial charge >= 0.3 is 12.2 Å². The minimum absolute atomic E-state index is 0.144. The summed E-state index contributed by atoms with van der Waals surface area (Å²) in [6, 6.07) is 8.88. The molecule has 0 radical (unpaired) electrons. The summed E-state index contributed by atoms with van der Waals surface area (Å²) in [4.78, 5) is 14.8. The molecule has 0 saturated carbocycles. The molecule has 0 spiro atoms. The standard InChI is InChI=1S/C20H20F3N5O2S/c21-20(22,23)14-5-7-28(8-6-14)10-12-1-3-13(4-2-12)16-9-15(26-19(24)29)17(31-16)18-27-25-11-30-18/h1-4,9,11,14H,5-8,10H2,(H3,24,26,29). The van der Waals surface area contributed by atoms with Gasteiger partial charge in [-0.1, -0.05) is 24.3 Å². The number of benzene rings is 1. The first-order chi connectivity index (χ1) is 14.8. The largest absolute Gasteiger partial charge is 0.423 e. The molecule has 1 saturated heterocycles. The first kappa shape index (κ1) is 21.3. The Morgan fingerprint density at radius 3 is 2.55 bits per heavy atom. The lowest BCUT2D eigenvalue weighted by Gasteiger charge is -2.32. The molecule has 0 bridgehead atoms. The Kier molecular flexibility index (Phi) is 5.96. The zero-order chi connectivity index (χ0) is 22.0. The highest BCUT2D eigenvalue weighted by Crippen LogP contribution is 2.41. The van der Waals surface area contributed by atoms with Gasteiger partial charge in [0, 0.05) is 11.4 Å². The quantitative estimate of drug-likeness (QED) is 0.585. The smallest absolute Gasteiger partial charge is 0.391 e. The molecule has 0 aliphatic carbocycles. The molecule has 3 aromatic rings. The molecular weight excluding hydrogens is 431 g/mol. The molecule has 4 rings (SSSR count). The van der Waals surface area contributed by atoms with Crippen molar-refractivity contribution in [3.8, 4) is 21.2 Å². The second kappa shape index (κ2) is 8.67. The number of carbonyl (C=O) groups excluding carboxylic acids is 1. The van der Waals surface area contributed by atoms with Gasteiger partial charge in [-0.3, -0.25) is 4.90 Å². The van der Waals surface area contributed by atoms with Crippen LogP contribution in [0.1, 0.15) is 18.4 Å². The van der Waals surface area contributed by atoms with Crippen molar-refractivity contribution < 1.29 is 22.4 Å². The van der Waals surface area contributed by atoms with Gasteiger partial charge in [-0.25, -0.2) is 4.79 Å². The maximum atomic E-state index is 12.8. The summed E-state index contributed by atoms with van der Waals surface area (Å²) in [7, 11) is 0. The lowest BCUT2D eigenvalue weighted by molar-refractivity contribution is -0.185. The third-order valence-corrected chi connectivity index (χ3v) is 6.41. The van der Waals surface area contributed by atoms with Gasteiger partial charge in [-0.15, -0.1) is 21.5 Å². The summed E-state index contributed by atoms with van der Waals surface area (Å²) >= 11 is 1.37. The number of likely N-dealkylation sites (tertiary alicyclic amines) is 1. The van der Waals surface area contributed by atoms with Crippen LogP contribution in [-0.4, -0.2) is 40.4 Å². The number of rotatable bonds is 5. The Morgan fingerprint density at radius 2 is 1.97 bits per heavy atom. The summed E-state index contributed by atoms with van der Waals surface area (Å²) in [5.74, 6) is -0.917. The molecule has 0 unspecified atom stereocenters. The number of hydrogen-bond acceptors (Lipinski definition) is 6. The fourth-order valence-electron chi connectivity index (χ4n) is 3.64. The number of amides is 2. The first-order valence-electron chi connectivity index (χ1n) is 9.65. The molecule has 0 atom stereocenters. The van der Waals surface area contributed by atoms with E-state index in [4.69, 9.17) is 10.2 Å². The zero-order valence-corrected chi connectivity index (χ0v) is 17.2. The molecule has 3 heterocycles. The van der Waals surface area contributed by atoms with Crippen molar-refractivity contribution in [1.82, 2.24) is 15.1 Å². The molecule has 31 heavy (non-hydrogen) atoms. The monoisotopic (exact) mass is 451 g/mol. The van der Waals surface area contributed by atoms with Gasteiger partial charge in [-0.05, 0) is 43.1 Å². The second-order valence-corrected chi connectivity index (χ2v) is 8.43. The van der Waals surface area contributed by atoms with Gasteiger partial charge in [0.2, 0.25) is 6.39 Å². The van der Waals surface area contributed by atoms with Crippen molar-refractivity contribution in [2.75, 3.05) is 18.4 Å². The number of urea groups is 1. The lowest BCUT2D eigenvalue weighted by atomic mass is 9.96. The molecule has 1 aromatic carbocycles. The van der Waals surface area contributed by atoms with E-state index in [0.717, 1.165) is 16.0 Å². The van der Waals surface area contributed by atoms with E-state index in [1.807, 2.05) is 29.2 Å². The third kappa shape index (κ3) is 5.05. The van der Waals surface area contributed by atoms with Crippen LogP contribution in [0.4, 0.5) is 23.7 Å². The van der Waals surface area contributed by atoms with Crippen LogP contribution in [0.3, 0.4) is 0 Å². The van der Waals surface area contributed by atoms with E-state index in [2.05, 4.69) is 15.5 Å². The van der Waals surface area contributed by atoms with E-state index >= 15 is 0 Å². The van der Waals surface area contributed by atoms with Gasteiger partial charge in [0.1, 0.15) is 4.88 Å². The molecule has 7 nitrogen and oxygen atoms in total. The van der Waals surface area contributed by atoms with Gasteiger partial charge in [0.05, 0.1) is 11.6 Å². The number of aromatic nitrogens is 2. The number of halogens is 3. The molecule has 1 fully saturated rings. The van der Waals surface area contributed by atoms with Crippen molar-refractivity contribution >= 4 is 23.1 Å². The van der Waals surface area contributed by atoms with Gasteiger partial charge in [0.25, 0.3) is 5.89 Å². The first-order valence-corrected chi connectivity index (χ1v) is 10.5. The van der Waals surface area contributed by atoms with E-state index in [1.54, 1.807) is 6.07 Å². The number of piperidine rings is 1. The van der Waals surface area contributed by atoms with Crippen molar-refractivity contribution in [3.63, 3.8) is 0 Å². The van der Waals surface area contributed by atoms with Crippen LogP contribution in [0.2, 0.25) is 0 Å². The highest BCUT2D eigenvalue weighted by molar-refractivity contribution is 7.19. The predicted molar refractivity (Wildman–Crippen MR) is 110 cm³/mol. The Balaban J connectivity index is 1.46. The normalized spacial score (nSPS) is 15.8. The summed E-state index contributed by atoms with van der Waals surface area (Å²) in [6.45, 7) is 1.48. The van der Waals surface area contributed by atoms with Gasteiger partial charge in [-0.2, -0.15) is 13.2 Å².